The van der Waals surface area contributed by atoms with Gasteiger partial charge in [-0.2, -0.15) is 0 Å². The van der Waals surface area contributed by atoms with E-state index >= 15 is 0 Å². The number of amides is 3. The van der Waals surface area contributed by atoms with E-state index in [-0.39, 0.29) is 28.3 Å². The summed E-state index contributed by atoms with van der Waals surface area (Å²) in [4.78, 5) is 64.3. The van der Waals surface area contributed by atoms with Crippen LogP contribution >= 0.6 is 34.9 Å². The minimum absolute atomic E-state index is 0.0786. The largest absolute Gasteiger partial charge is 0.477 e. The number of nitrogens with zero attached hydrogens (tertiary/aromatic N) is 4. The van der Waals surface area contributed by atoms with Gasteiger partial charge in [-0.25, -0.2) is 9.78 Å². The molecule has 3 N–H and O–H groups in total. The lowest BCUT2D eigenvalue weighted by atomic mass is 10.0. The summed E-state index contributed by atoms with van der Waals surface area (Å²) in [7, 11) is 0. The number of β-lactam (4-membered cyclic amide) rings is 1. The fourth-order valence-electron chi connectivity index (χ4n) is 3.56. The molecule has 1 saturated heterocycles. The van der Waals surface area contributed by atoms with Crippen LogP contribution in [-0.2, 0) is 24.0 Å². The lowest BCUT2D eigenvalue weighted by Gasteiger charge is -2.49. The normalized spacial score (nSPS) is 21.1. The molecule has 1 aliphatic carbocycles. The molecular weight excluding hydrogens is 552 g/mol. The van der Waals surface area contributed by atoms with Crippen LogP contribution in [0.15, 0.2) is 51.1 Å². The van der Waals surface area contributed by atoms with Gasteiger partial charge in [0.1, 0.15) is 28.9 Å². The van der Waals surface area contributed by atoms with Crippen molar-refractivity contribution in [1.29, 1.82) is 0 Å². The Morgan fingerprint density at radius 2 is 2.18 bits per heavy atom. The summed E-state index contributed by atoms with van der Waals surface area (Å²) in [6.07, 6.45) is 7.18. The minimum atomic E-state index is -1.22. The van der Waals surface area contributed by atoms with Crippen molar-refractivity contribution in [3.8, 4) is 0 Å². The number of thioether (sulfide) groups is 2. The maximum absolute atomic E-state index is 13.1. The topological polar surface area (TPSA) is 163 Å². The number of rotatable bonds is 11. The third-order valence-corrected chi connectivity index (χ3v) is 8.67. The van der Waals surface area contributed by atoms with E-state index in [1.807, 2.05) is 6.07 Å². The Morgan fingerprint density at radius 3 is 2.89 bits per heavy atom. The number of anilines is 1. The predicted molar refractivity (Wildman–Crippen MR) is 143 cm³/mol. The van der Waals surface area contributed by atoms with Crippen molar-refractivity contribution >= 4 is 76.0 Å². The molecule has 0 radical (unpaired) electrons. The van der Waals surface area contributed by atoms with E-state index < -0.39 is 29.2 Å². The van der Waals surface area contributed by atoms with E-state index in [9.17, 15) is 24.3 Å². The molecule has 0 unspecified atom stereocenters. The second kappa shape index (κ2) is 11.4. The van der Waals surface area contributed by atoms with E-state index in [4.69, 9.17) is 4.84 Å². The molecular formula is C23H20N6O6S3. The summed E-state index contributed by atoms with van der Waals surface area (Å²) in [6, 6.07) is 2.72. The summed E-state index contributed by atoms with van der Waals surface area (Å²) in [5.41, 5.74) is 0.812. The first-order valence-corrected chi connectivity index (χ1v) is 14.1. The Labute approximate surface area is 228 Å². The van der Waals surface area contributed by atoms with Crippen molar-refractivity contribution in [2.75, 3.05) is 11.1 Å². The Balaban J connectivity index is 1.30. The number of nitrogens with one attached hydrogen (secondary N) is 2. The van der Waals surface area contributed by atoms with E-state index in [1.54, 1.807) is 35.3 Å². The van der Waals surface area contributed by atoms with Gasteiger partial charge in [0.05, 0.1) is 0 Å². The van der Waals surface area contributed by atoms with Crippen LogP contribution in [0.1, 0.15) is 24.1 Å². The third-order valence-electron chi connectivity index (χ3n) is 5.54. The molecule has 196 valence electrons. The number of pyridine rings is 1. The first-order chi connectivity index (χ1) is 18.5. The molecule has 38 heavy (non-hydrogen) atoms. The lowest BCUT2D eigenvalue weighted by Crippen LogP contribution is -2.71. The number of thiazole rings is 1. The second-order valence-electron chi connectivity index (χ2n) is 8.19. The number of carboxylic acids is 1. The van der Waals surface area contributed by atoms with Crippen LogP contribution < -0.4 is 10.6 Å². The van der Waals surface area contributed by atoms with E-state index in [0.29, 0.717) is 17.1 Å². The van der Waals surface area contributed by atoms with E-state index in [2.05, 4.69) is 25.8 Å². The summed E-state index contributed by atoms with van der Waals surface area (Å²) in [5, 5.41) is 21.9. The first-order valence-electron chi connectivity index (χ1n) is 11.3. The molecule has 3 aliphatic rings. The summed E-state index contributed by atoms with van der Waals surface area (Å²) < 4.78 is 0. The quantitative estimate of drug-likeness (QED) is 0.157. The molecule has 0 aromatic carbocycles. The molecule has 2 atom stereocenters. The van der Waals surface area contributed by atoms with Gasteiger partial charge >= 0.3 is 5.97 Å². The molecule has 4 heterocycles. The van der Waals surface area contributed by atoms with Gasteiger partial charge in [0.25, 0.3) is 11.8 Å². The lowest BCUT2D eigenvalue weighted by molar-refractivity contribution is -0.150. The fraction of sp³-hybridized carbons (Fsp3) is 0.261. The highest BCUT2D eigenvalue weighted by Crippen LogP contribution is 2.43. The molecule has 12 nitrogen and oxygen atoms in total. The van der Waals surface area contributed by atoms with Crippen LogP contribution in [0.2, 0.25) is 0 Å². The number of oxime groups is 1. The highest BCUT2D eigenvalue weighted by atomic mass is 32.2. The number of hydrogen-bond donors (Lipinski definition) is 3. The highest BCUT2D eigenvalue weighted by molar-refractivity contribution is 8.08. The molecule has 3 amide bonds. The van der Waals surface area contributed by atoms with Gasteiger partial charge in [0, 0.05) is 28.4 Å². The average molecular weight is 573 g/mol. The Morgan fingerprint density at radius 1 is 1.34 bits per heavy atom. The zero-order valence-electron chi connectivity index (χ0n) is 19.5. The van der Waals surface area contributed by atoms with Crippen molar-refractivity contribution in [3.63, 3.8) is 0 Å². The molecule has 2 aliphatic heterocycles. The SMILES string of the molecule is O=CNc1nc(/C(=N/OC2CC2)C(=O)N[C@@H]2C(=O)N3C(C(=O)O)=C(S/C=C\c4cccnc4)CS[C@H]23)cs1. The van der Waals surface area contributed by atoms with Crippen LogP contribution in [0.25, 0.3) is 6.08 Å². The molecule has 2 fully saturated rings. The predicted octanol–water partition coefficient (Wildman–Crippen LogP) is 2.09. The van der Waals surface area contributed by atoms with Crippen LogP contribution in [-0.4, -0.2) is 73.2 Å². The smallest absolute Gasteiger partial charge is 0.353 e. The van der Waals surface area contributed by atoms with Crippen molar-refractivity contribution in [2.24, 2.45) is 5.16 Å². The molecule has 0 bridgehead atoms. The number of carboxylic acid groups (broad SMARTS) is 1. The molecule has 15 heteroatoms. The van der Waals surface area contributed by atoms with Gasteiger partial charge < -0.3 is 20.6 Å². The van der Waals surface area contributed by atoms with Gasteiger partial charge in [-0.05, 0) is 36.0 Å². The molecule has 0 spiro atoms. The molecule has 5 rings (SSSR count). The number of hydrogen-bond acceptors (Lipinski definition) is 11. The van der Waals surface area contributed by atoms with Crippen molar-refractivity contribution in [1.82, 2.24) is 20.2 Å². The first kappa shape index (κ1) is 25.9. The van der Waals surface area contributed by atoms with E-state index in [1.165, 1.54) is 28.4 Å². The summed E-state index contributed by atoms with van der Waals surface area (Å²) >= 11 is 3.69. The Bertz CT molecular complexity index is 1360. The molecule has 1 saturated carbocycles. The van der Waals surface area contributed by atoms with E-state index in [0.717, 1.165) is 29.7 Å². The number of carbonyl (C=O) groups excluding carboxylic acids is 3. The minimum Gasteiger partial charge on any atom is -0.477 e. The van der Waals surface area contributed by atoms with Crippen molar-refractivity contribution in [2.45, 2.75) is 30.4 Å². The van der Waals surface area contributed by atoms with Crippen molar-refractivity contribution in [3.05, 3.63) is 57.2 Å². The summed E-state index contributed by atoms with van der Waals surface area (Å²) in [6.45, 7) is 0. The monoisotopic (exact) mass is 572 g/mol. The number of fused-ring (bicyclic) bond motifs is 1. The number of carbonyl (C=O) groups is 4. The zero-order chi connectivity index (χ0) is 26.6. The van der Waals surface area contributed by atoms with Gasteiger partial charge in [-0.1, -0.05) is 23.0 Å². The van der Waals surface area contributed by atoms with Gasteiger partial charge in [-0.3, -0.25) is 24.3 Å². The van der Waals surface area contributed by atoms with Crippen molar-refractivity contribution < 1.29 is 29.1 Å². The van der Waals surface area contributed by atoms with Crippen LogP contribution in [0.4, 0.5) is 5.13 Å². The maximum Gasteiger partial charge on any atom is 0.353 e. The molecule has 2 aromatic rings. The van der Waals surface area contributed by atoms with Gasteiger partial charge in [0.15, 0.2) is 10.8 Å². The third kappa shape index (κ3) is 5.58. The Kier molecular flexibility index (Phi) is 7.76. The second-order valence-corrected chi connectivity index (χ2v) is 11.2. The Hall–Kier alpha value is -3.69. The van der Waals surface area contributed by atoms with Crippen LogP contribution in [0.5, 0.6) is 0 Å². The highest BCUT2D eigenvalue weighted by Gasteiger charge is 2.54. The van der Waals surface area contributed by atoms with Gasteiger partial charge in [0.2, 0.25) is 6.41 Å². The maximum atomic E-state index is 13.1. The fourth-order valence-corrected chi connectivity index (χ4v) is 6.58. The zero-order valence-corrected chi connectivity index (χ0v) is 21.9. The summed E-state index contributed by atoms with van der Waals surface area (Å²) in [5.74, 6) is -2.09. The van der Waals surface area contributed by atoms with Gasteiger partial charge in [-0.15, -0.1) is 23.1 Å². The molecule has 2 aromatic heterocycles. The average Bonchev–Trinajstić information content (AvgIpc) is 3.64. The standard InChI is InChI=1S/C23H20N6O6S3/c30-11-25-23-26-14(9-38-23)16(28-35-13-3-4-13)19(31)27-17-20(32)29-18(22(33)34)15(10-37-21(17)29)36-7-5-12-2-1-6-24-8-12/h1-2,5-9,11,13,17,21H,3-4,10H2,(H,27,31)(H,33,34)(H,25,26,30)/b7-5-,28-16-/t17-,21-/m1/s1. The number of aliphatic carboxylic acids is 1. The van der Waals surface area contributed by atoms with Crippen LogP contribution in [0.3, 0.4) is 0 Å². The number of aromatic nitrogens is 2. The van der Waals surface area contributed by atoms with Crippen LogP contribution in [0, 0.1) is 0 Å².